The molecule has 0 radical (unpaired) electrons. The van der Waals surface area contributed by atoms with Crippen LogP contribution in [0.1, 0.15) is 30.5 Å². The quantitative estimate of drug-likeness (QED) is 0.607. The molecule has 1 aliphatic rings. The summed E-state index contributed by atoms with van der Waals surface area (Å²) in [5.74, 6) is 0.937. The normalized spacial score (nSPS) is 15.9. The number of rotatable bonds is 6. The molecular formula is C13H23N5S. The summed E-state index contributed by atoms with van der Waals surface area (Å²) < 4.78 is 1.82. The van der Waals surface area contributed by atoms with Gasteiger partial charge in [0.1, 0.15) is 10.8 Å². The lowest BCUT2D eigenvalue weighted by molar-refractivity contribution is 0.337. The zero-order valence-electron chi connectivity index (χ0n) is 11.8. The van der Waals surface area contributed by atoms with Crippen LogP contribution in [0.3, 0.4) is 0 Å². The van der Waals surface area contributed by atoms with Gasteiger partial charge in [-0.05, 0) is 45.8 Å². The van der Waals surface area contributed by atoms with Gasteiger partial charge in [-0.25, -0.2) is 0 Å². The van der Waals surface area contributed by atoms with Crippen LogP contribution in [0, 0.1) is 6.92 Å². The Balaban J connectivity index is 1.86. The Hall–Kier alpha value is -1.14. The molecule has 1 aliphatic heterocycles. The van der Waals surface area contributed by atoms with Crippen molar-refractivity contribution < 1.29 is 0 Å². The van der Waals surface area contributed by atoms with Gasteiger partial charge in [-0.3, -0.25) is 4.68 Å². The third kappa shape index (κ3) is 3.45. The average Bonchev–Trinajstić information content (AvgIpc) is 2.93. The van der Waals surface area contributed by atoms with Gasteiger partial charge in [-0.1, -0.05) is 12.2 Å². The predicted octanol–water partition coefficient (Wildman–Crippen LogP) is 1.26. The monoisotopic (exact) mass is 281 g/mol. The van der Waals surface area contributed by atoms with Crippen molar-refractivity contribution in [3.8, 4) is 0 Å². The minimum Gasteiger partial charge on any atom is -0.389 e. The number of nitrogens with zero attached hydrogens (tertiary/aromatic N) is 3. The van der Waals surface area contributed by atoms with E-state index in [0.717, 1.165) is 36.6 Å². The molecule has 0 bridgehead atoms. The van der Waals surface area contributed by atoms with E-state index in [0.29, 0.717) is 4.99 Å². The van der Waals surface area contributed by atoms with Crippen molar-refractivity contribution in [3.05, 3.63) is 11.3 Å². The second kappa shape index (κ2) is 6.34. The van der Waals surface area contributed by atoms with E-state index in [2.05, 4.69) is 15.3 Å². The van der Waals surface area contributed by atoms with Crippen LogP contribution in [0.15, 0.2) is 0 Å². The number of anilines is 1. The Kier molecular flexibility index (Phi) is 4.76. The van der Waals surface area contributed by atoms with Gasteiger partial charge in [0.05, 0.1) is 11.3 Å². The largest absolute Gasteiger partial charge is 0.389 e. The second-order valence-corrected chi connectivity index (χ2v) is 5.57. The van der Waals surface area contributed by atoms with Crippen molar-refractivity contribution in [2.75, 3.05) is 31.5 Å². The third-order valence-electron chi connectivity index (χ3n) is 3.61. The van der Waals surface area contributed by atoms with Crippen LogP contribution in [0.25, 0.3) is 0 Å². The van der Waals surface area contributed by atoms with Gasteiger partial charge < -0.3 is 16.0 Å². The summed E-state index contributed by atoms with van der Waals surface area (Å²) in [6, 6.07) is 0. The molecule has 0 unspecified atom stereocenters. The Morgan fingerprint density at radius 3 is 2.74 bits per heavy atom. The minimum atomic E-state index is 0.410. The highest BCUT2D eigenvalue weighted by Gasteiger charge is 2.15. The first-order chi connectivity index (χ1) is 9.09. The van der Waals surface area contributed by atoms with Crippen molar-refractivity contribution in [2.24, 2.45) is 12.8 Å². The lowest BCUT2D eigenvalue weighted by atomic mass is 10.2. The van der Waals surface area contributed by atoms with Crippen LogP contribution in [-0.4, -0.2) is 45.8 Å². The number of likely N-dealkylation sites (tertiary alicyclic amines) is 1. The molecule has 106 valence electrons. The molecule has 1 saturated heterocycles. The molecule has 1 aromatic rings. The average molecular weight is 281 g/mol. The summed E-state index contributed by atoms with van der Waals surface area (Å²) in [6.07, 6.45) is 3.82. The highest BCUT2D eigenvalue weighted by Crippen LogP contribution is 2.18. The lowest BCUT2D eigenvalue weighted by Gasteiger charge is -2.15. The zero-order valence-corrected chi connectivity index (χ0v) is 12.6. The molecule has 19 heavy (non-hydrogen) atoms. The SMILES string of the molecule is Cc1nn(C)c(NCCCN2CCCC2)c1C(N)=S. The van der Waals surface area contributed by atoms with Crippen LogP contribution >= 0.6 is 12.2 Å². The summed E-state index contributed by atoms with van der Waals surface area (Å²) in [5, 5.41) is 7.78. The van der Waals surface area contributed by atoms with Crippen LogP contribution in [0.4, 0.5) is 5.82 Å². The van der Waals surface area contributed by atoms with E-state index in [-0.39, 0.29) is 0 Å². The number of aromatic nitrogens is 2. The second-order valence-electron chi connectivity index (χ2n) is 5.13. The van der Waals surface area contributed by atoms with Crippen molar-refractivity contribution in [1.82, 2.24) is 14.7 Å². The fourth-order valence-corrected chi connectivity index (χ4v) is 2.92. The van der Waals surface area contributed by atoms with Crippen molar-refractivity contribution in [3.63, 3.8) is 0 Å². The molecule has 2 rings (SSSR count). The molecule has 0 saturated carbocycles. The molecule has 0 aliphatic carbocycles. The van der Waals surface area contributed by atoms with Crippen LogP contribution in [-0.2, 0) is 7.05 Å². The molecule has 0 aromatic carbocycles. The van der Waals surface area contributed by atoms with Gasteiger partial charge in [0.15, 0.2) is 0 Å². The Bertz CT molecular complexity index is 448. The van der Waals surface area contributed by atoms with E-state index in [4.69, 9.17) is 18.0 Å². The molecule has 0 atom stereocenters. The topological polar surface area (TPSA) is 59.1 Å². The number of nitrogens with one attached hydrogen (secondary N) is 1. The summed E-state index contributed by atoms with van der Waals surface area (Å²) in [5.41, 5.74) is 7.52. The highest BCUT2D eigenvalue weighted by molar-refractivity contribution is 7.80. The maximum Gasteiger partial charge on any atom is 0.134 e. The molecular weight excluding hydrogens is 258 g/mol. The summed E-state index contributed by atoms with van der Waals surface area (Å²) in [6.45, 7) is 6.52. The summed E-state index contributed by atoms with van der Waals surface area (Å²) in [4.78, 5) is 2.93. The molecule has 3 N–H and O–H groups in total. The number of aryl methyl sites for hydroxylation is 2. The zero-order chi connectivity index (χ0) is 13.8. The third-order valence-corrected chi connectivity index (χ3v) is 3.81. The molecule has 1 fully saturated rings. The summed E-state index contributed by atoms with van der Waals surface area (Å²) >= 11 is 5.09. The Morgan fingerprint density at radius 1 is 1.42 bits per heavy atom. The fourth-order valence-electron chi connectivity index (χ4n) is 2.67. The minimum absolute atomic E-state index is 0.410. The lowest BCUT2D eigenvalue weighted by Crippen LogP contribution is -2.23. The summed E-state index contributed by atoms with van der Waals surface area (Å²) in [7, 11) is 1.91. The van der Waals surface area contributed by atoms with E-state index in [1.807, 2.05) is 18.7 Å². The van der Waals surface area contributed by atoms with Gasteiger partial charge in [0.2, 0.25) is 0 Å². The molecule has 6 heteroatoms. The standard InChI is InChI=1S/C13H23N5S/c1-10-11(12(14)19)13(17(2)16-10)15-6-5-9-18-7-3-4-8-18/h15H,3-9H2,1-2H3,(H2,14,19). The van der Waals surface area contributed by atoms with E-state index in [1.165, 1.54) is 25.9 Å². The molecule has 5 nitrogen and oxygen atoms in total. The van der Waals surface area contributed by atoms with Crippen LogP contribution < -0.4 is 11.1 Å². The van der Waals surface area contributed by atoms with E-state index >= 15 is 0 Å². The fraction of sp³-hybridized carbons (Fsp3) is 0.692. The smallest absolute Gasteiger partial charge is 0.134 e. The van der Waals surface area contributed by atoms with Crippen molar-refractivity contribution in [2.45, 2.75) is 26.2 Å². The maximum absolute atomic E-state index is 5.76. The van der Waals surface area contributed by atoms with E-state index in [1.54, 1.807) is 0 Å². The molecule has 1 aromatic heterocycles. The Labute approximate surface area is 120 Å². The van der Waals surface area contributed by atoms with Crippen molar-refractivity contribution in [1.29, 1.82) is 0 Å². The van der Waals surface area contributed by atoms with Gasteiger partial charge in [0, 0.05) is 13.6 Å². The van der Waals surface area contributed by atoms with Gasteiger partial charge >= 0.3 is 0 Å². The van der Waals surface area contributed by atoms with Gasteiger partial charge in [-0.2, -0.15) is 5.10 Å². The van der Waals surface area contributed by atoms with Gasteiger partial charge in [0.25, 0.3) is 0 Å². The number of hydrogen-bond acceptors (Lipinski definition) is 4. The number of nitrogens with two attached hydrogens (primary N) is 1. The van der Waals surface area contributed by atoms with Crippen LogP contribution in [0.2, 0.25) is 0 Å². The number of thiocarbonyl (C=S) groups is 1. The maximum atomic E-state index is 5.76. The number of hydrogen-bond donors (Lipinski definition) is 2. The Morgan fingerprint density at radius 2 is 2.11 bits per heavy atom. The van der Waals surface area contributed by atoms with Crippen molar-refractivity contribution >= 4 is 23.0 Å². The molecule has 0 amide bonds. The first-order valence-electron chi connectivity index (χ1n) is 6.89. The van der Waals surface area contributed by atoms with Crippen LogP contribution in [0.5, 0.6) is 0 Å². The first-order valence-corrected chi connectivity index (χ1v) is 7.30. The predicted molar refractivity (Wildman–Crippen MR) is 82.6 cm³/mol. The van der Waals surface area contributed by atoms with Gasteiger partial charge in [-0.15, -0.1) is 0 Å². The molecule has 0 spiro atoms. The van der Waals surface area contributed by atoms with E-state index < -0.39 is 0 Å². The highest BCUT2D eigenvalue weighted by atomic mass is 32.1. The molecule has 2 heterocycles. The first kappa shape index (κ1) is 14.3. The van der Waals surface area contributed by atoms with E-state index in [9.17, 15) is 0 Å².